The number of halogens is 6. The van der Waals surface area contributed by atoms with Crippen LogP contribution < -0.4 is 10.6 Å². The second kappa shape index (κ2) is 8.15. The quantitative estimate of drug-likeness (QED) is 0.769. The van der Waals surface area contributed by atoms with Gasteiger partial charge < -0.3 is 10.6 Å². The van der Waals surface area contributed by atoms with E-state index in [1.54, 1.807) is 0 Å². The van der Waals surface area contributed by atoms with Gasteiger partial charge in [0, 0.05) is 12.2 Å². The summed E-state index contributed by atoms with van der Waals surface area (Å²) in [5.41, 5.74) is -0.593. The molecule has 26 heavy (non-hydrogen) atoms. The summed E-state index contributed by atoms with van der Waals surface area (Å²) in [7, 11) is 0. The first-order valence-electron chi connectivity index (χ1n) is 8.04. The van der Waals surface area contributed by atoms with Crippen molar-refractivity contribution in [2.24, 2.45) is 5.92 Å². The molecule has 0 spiro atoms. The Hall–Kier alpha value is -1.97. The van der Waals surface area contributed by atoms with Gasteiger partial charge in [0.1, 0.15) is 0 Å². The van der Waals surface area contributed by atoms with E-state index >= 15 is 0 Å². The molecule has 146 valence electrons. The third kappa shape index (κ3) is 6.74. The molecule has 10 heteroatoms. The summed E-state index contributed by atoms with van der Waals surface area (Å²) in [5.74, 6) is 0.0674. The second-order valence-corrected chi connectivity index (χ2v) is 6.24. The van der Waals surface area contributed by atoms with Gasteiger partial charge in [0.2, 0.25) is 0 Å². The summed E-state index contributed by atoms with van der Waals surface area (Å²) >= 11 is 0. The molecule has 1 aliphatic rings. The van der Waals surface area contributed by atoms with E-state index in [0.29, 0.717) is 32.5 Å². The van der Waals surface area contributed by atoms with E-state index in [9.17, 15) is 31.1 Å². The average molecular weight is 383 g/mol. The molecule has 0 atom stereocenters. The van der Waals surface area contributed by atoms with Gasteiger partial charge in [-0.15, -0.1) is 0 Å². The molecule has 0 radical (unpaired) electrons. The summed E-state index contributed by atoms with van der Waals surface area (Å²) in [6, 6.07) is 3.47. The molecule has 2 rings (SSSR count). The van der Waals surface area contributed by atoms with Crippen LogP contribution >= 0.6 is 0 Å². The molecule has 1 heterocycles. The van der Waals surface area contributed by atoms with E-state index in [2.05, 4.69) is 10.6 Å². The van der Waals surface area contributed by atoms with Gasteiger partial charge >= 0.3 is 18.4 Å². The fourth-order valence-corrected chi connectivity index (χ4v) is 2.76. The van der Waals surface area contributed by atoms with E-state index in [0.717, 1.165) is 24.3 Å². The Morgan fingerprint density at radius 2 is 1.62 bits per heavy atom. The highest BCUT2D eigenvalue weighted by atomic mass is 19.4. The van der Waals surface area contributed by atoms with E-state index in [1.165, 1.54) is 4.90 Å². The zero-order chi connectivity index (χ0) is 19.4. The predicted octanol–water partition coefficient (Wildman–Crippen LogP) is 4.10. The van der Waals surface area contributed by atoms with Gasteiger partial charge in [-0.3, -0.25) is 4.90 Å². The number of nitrogens with zero attached hydrogens (tertiary/aromatic N) is 1. The highest BCUT2D eigenvalue weighted by molar-refractivity contribution is 5.89. The Labute approximate surface area is 146 Å². The number of nitrogens with one attached hydrogen (secondary N) is 2. The highest BCUT2D eigenvalue weighted by Gasteiger charge is 2.32. The van der Waals surface area contributed by atoms with Crippen LogP contribution in [0, 0.1) is 5.92 Å². The van der Waals surface area contributed by atoms with Crippen molar-refractivity contribution < 1.29 is 31.1 Å². The van der Waals surface area contributed by atoms with E-state index < -0.39 is 30.5 Å². The topological polar surface area (TPSA) is 44.4 Å². The van der Waals surface area contributed by atoms with Gasteiger partial charge in [-0.2, -0.15) is 26.3 Å². The zero-order valence-electron chi connectivity index (χ0n) is 13.8. The van der Waals surface area contributed by atoms with Crippen LogP contribution in [0.25, 0.3) is 0 Å². The monoisotopic (exact) mass is 383 g/mol. The molecule has 0 unspecified atom stereocenters. The van der Waals surface area contributed by atoms with Crippen LogP contribution in [0.2, 0.25) is 0 Å². The number of anilines is 1. The minimum absolute atomic E-state index is 0.0674. The number of hydrogen-bond donors (Lipinski definition) is 2. The van der Waals surface area contributed by atoms with E-state index in [-0.39, 0.29) is 11.6 Å². The van der Waals surface area contributed by atoms with Crippen molar-refractivity contribution in [1.29, 1.82) is 0 Å². The lowest BCUT2D eigenvalue weighted by Crippen LogP contribution is -2.43. The lowest BCUT2D eigenvalue weighted by molar-refractivity contribution is -0.148. The first kappa shape index (κ1) is 20.3. The number of carbonyl (C=O) groups excluding carboxylic acids is 1. The van der Waals surface area contributed by atoms with Gasteiger partial charge in [-0.1, -0.05) is 0 Å². The van der Waals surface area contributed by atoms with E-state index in [1.807, 2.05) is 0 Å². The Morgan fingerprint density at radius 1 is 1.04 bits per heavy atom. The maximum Gasteiger partial charge on any atom is 0.416 e. The average Bonchev–Trinajstić information content (AvgIpc) is 2.52. The number of benzene rings is 1. The normalized spacial score (nSPS) is 17.2. The first-order chi connectivity index (χ1) is 12.0. The molecule has 1 saturated heterocycles. The van der Waals surface area contributed by atoms with Crippen molar-refractivity contribution in [3.63, 3.8) is 0 Å². The number of amides is 2. The summed E-state index contributed by atoms with van der Waals surface area (Å²) in [6.45, 7) is -0.00730. The summed E-state index contributed by atoms with van der Waals surface area (Å²) < 4.78 is 74.3. The molecule has 2 amide bonds. The second-order valence-electron chi connectivity index (χ2n) is 6.24. The maximum absolute atomic E-state index is 12.5. The molecule has 0 bridgehead atoms. The van der Waals surface area contributed by atoms with Gasteiger partial charge in [0.05, 0.1) is 12.1 Å². The van der Waals surface area contributed by atoms with Crippen molar-refractivity contribution in [2.45, 2.75) is 25.2 Å². The Bertz CT molecular complexity index is 591. The molecular weight excluding hydrogens is 364 g/mol. The van der Waals surface area contributed by atoms with Crippen LogP contribution in [-0.4, -0.2) is 43.3 Å². The largest absolute Gasteiger partial charge is 0.416 e. The van der Waals surface area contributed by atoms with Gasteiger partial charge in [0.25, 0.3) is 0 Å². The number of rotatable bonds is 4. The molecule has 1 aliphatic heterocycles. The van der Waals surface area contributed by atoms with Crippen LogP contribution in [0.5, 0.6) is 0 Å². The number of alkyl halides is 6. The molecule has 0 saturated carbocycles. The predicted molar refractivity (Wildman–Crippen MR) is 83.7 cm³/mol. The fraction of sp³-hybridized carbons (Fsp3) is 0.562. The van der Waals surface area contributed by atoms with Crippen LogP contribution in [0.3, 0.4) is 0 Å². The molecule has 4 nitrogen and oxygen atoms in total. The number of likely N-dealkylation sites (tertiary alicyclic amines) is 1. The number of piperidine rings is 1. The summed E-state index contributed by atoms with van der Waals surface area (Å²) in [5, 5.41) is 5.02. The molecular formula is C16H19F6N3O. The molecule has 1 fully saturated rings. The number of hydrogen-bond acceptors (Lipinski definition) is 2. The lowest BCUT2D eigenvalue weighted by Gasteiger charge is -2.32. The maximum atomic E-state index is 12.5. The zero-order valence-corrected chi connectivity index (χ0v) is 13.8. The van der Waals surface area contributed by atoms with Crippen molar-refractivity contribution in [3.05, 3.63) is 29.8 Å². The minimum atomic E-state index is -4.44. The summed E-state index contributed by atoms with van der Waals surface area (Å²) in [6.07, 6.45) is -7.58. The third-order valence-electron chi connectivity index (χ3n) is 4.13. The van der Waals surface area contributed by atoms with Crippen molar-refractivity contribution in [3.8, 4) is 0 Å². The fourth-order valence-electron chi connectivity index (χ4n) is 2.76. The highest BCUT2D eigenvalue weighted by Crippen LogP contribution is 2.29. The molecule has 2 N–H and O–H groups in total. The van der Waals surface area contributed by atoms with Gasteiger partial charge in [-0.25, -0.2) is 4.79 Å². The lowest BCUT2D eigenvalue weighted by atomic mass is 9.97. The smallest absolute Gasteiger partial charge is 0.338 e. The number of urea groups is 1. The molecule has 1 aromatic carbocycles. The van der Waals surface area contributed by atoms with Crippen LogP contribution in [0.15, 0.2) is 24.3 Å². The third-order valence-corrected chi connectivity index (χ3v) is 4.13. The van der Waals surface area contributed by atoms with Gasteiger partial charge in [-0.05, 0) is 56.1 Å². The Morgan fingerprint density at radius 3 is 2.12 bits per heavy atom. The van der Waals surface area contributed by atoms with Crippen molar-refractivity contribution >= 4 is 11.7 Å². The van der Waals surface area contributed by atoms with Crippen LogP contribution in [-0.2, 0) is 6.18 Å². The van der Waals surface area contributed by atoms with Crippen molar-refractivity contribution in [1.82, 2.24) is 10.2 Å². The van der Waals surface area contributed by atoms with E-state index in [4.69, 9.17) is 0 Å². The van der Waals surface area contributed by atoms with Crippen LogP contribution in [0.1, 0.15) is 18.4 Å². The summed E-state index contributed by atoms with van der Waals surface area (Å²) in [4.78, 5) is 13.1. The Balaban J connectivity index is 1.71. The van der Waals surface area contributed by atoms with Gasteiger partial charge in [0.15, 0.2) is 0 Å². The molecule has 0 aliphatic carbocycles. The SMILES string of the molecule is O=C(NCC1CCN(CC(F)(F)F)CC1)Nc1ccc(C(F)(F)F)cc1. The molecule has 0 aromatic heterocycles. The Kier molecular flexibility index (Phi) is 6.38. The van der Waals surface area contributed by atoms with Crippen LogP contribution in [0.4, 0.5) is 36.8 Å². The van der Waals surface area contributed by atoms with Crippen molar-refractivity contribution in [2.75, 3.05) is 31.5 Å². The standard InChI is InChI=1S/C16H19F6N3O/c17-15(18,19)10-25-7-5-11(6-8-25)9-23-14(26)24-13-3-1-12(2-4-13)16(20,21)22/h1-4,11H,5-10H2,(H2,23,24,26). The number of carbonyl (C=O) groups is 1. The first-order valence-corrected chi connectivity index (χ1v) is 8.04. The minimum Gasteiger partial charge on any atom is -0.338 e. The molecule has 1 aromatic rings.